The highest BCUT2D eigenvalue weighted by Crippen LogP contribution is 2.34. The summed E-state index contributed by atoms with van der Waals surface area (Å²) in [6, 6.07) is 0.570. The van der Waals surface area contributed by atoms with Crippen molar-refractivity contribution in [2.45, 2.75) is 50.7 Å². The van der Waals surface area contributed by atoms with E-state index in [0.717, 1.165) is 13.0 Å². The van der Waals surface area contributed by atoms with Gasteiger partial charge in [-0.3, -0.25) is 0 Å². The van der Waals surface area contributed by atoms with E-state index < -0.39 is 0 Å². The Morgan fingerprint density at radius 3 is 2.71 bits per heavy atom. The fourth-order valence-corrected chi connectivity index (χ4v) is 1.85. The Bertz CT molecular complexity index is 170. The summed E-state index contributed by atoms with van der Waals surface area (Å²) in [6.07, 6.45) is 7.98. The van der Waals surface area contributed by atoms with Crippen LogP contribution >= 0.6 is 0 Å². The van der Waals surface area contributed by atoms with Crippen molar-refractivity contribution in [3.05, 3.63) is 12.7 Å². The van der Waals surface area contributed by atoms with Crippen LogP contribution in [0.4, 0.5) is 0 Å². The molecule has 82 valence electrons. The van der Waals surface area contributed by atoms with Gasteiger partial charge in [-0.25, -0.2) is 0 Å². The zero-order chi connectivity index (χ0) is 10.4. The summed E-state index contributed by atoms with van der Waals surface area (Å²) >= 11 is 0. The lowest BCUT2D eigenvalue weighted by atomic mass is 9.80. The molecule has 0 saturated heterocycles. The van der Waals surface area contributed by atoms with Crippen LogP contribution in [-0.4, -0.2) is 25.3 Å². The van der Waals surface area contributed by atoms with Crippen LogP contribution in [0, 0.1) is 0 Å². The summed E-state index contributed by atoms with van der Waals surface area (Å²) < 4.78 is 5.55. The number of hydrogen-bond acceptors (Lipinski definition) is 2. The lowest BCUT2D eigenvalue weighted by molar-refractivity contribution is -0.0706. The van der Waals surface area contributed by atoms with Crippen molar-refractivity contribution in [2.75, 3.05) is 13.7 Å². The minimum Gasteiger partial charge on any atom is -0.377 e. The molecule has 0 aromatic heterocycles. The molecular formula is C12H23NO. The van der Waals surface area contributed by atoms with Crippen LogP contribution in [0.3, 0.4) is 0 Å². The van der Waals surface area contributed by atoms with Crippen LogP contribution < -0.4 is 5.32 Å². The number of hydrogen-bond donors (Lipinski definition) is 1. The van der Waals surface area contributed by atoms with E-state index in [1.54, 1.807) is 0 Å². The molecule has 1 fully saturated rings. The Kier molecular flexibility index (Phi) is 4.63. The molecule has 1 unspecified atom stereocenters. The molecule has 1 rings (SSSR count). The third-order valence-corrected chi connectivity index (χ3v) is 3.27. The van der Waals surface area contributed by atoms with E-state index in [-0.39, 0.29) is 5.60 Å². The molecule has 1 saturated carbocycles. The monoisotopic (exact) mass is 197 g/mol. The minimum absolute atomic E-state index is 0.155. The summed E-state index contributed by atoms with van der Waals surface area (Å²) in [5, 5.41) is 3.54. The molecule has 1 aliphatic carbocycles. The van der Waals surface area contributed by atoms with Gasteiger partial charge in [0, 0.05) is 19.7 Å². The average Bonchev–Trinajstić information content (AvgIpc) is 2.14. The molecule has 1 N–H and O–H groups in total. The molecule has 0 aromatic rings. The molecule has 0 radical (unpaired) electrons. The maximum absolute atomic E-state index is 5.55. The summed E-state index contributed by atoms with van der Waals surface area (Å²) in [5.74, 6) is 0. The SMILES string of the molecule is C=CCCC(C)NCC1(OC)CCC1. The first kappa shape index (κ1) is 11.7. The summed E-state index contributed by atoms with van der Waals surface area (Å²) in [7, 11) is 1.83. The molecule has 0 amide bonds. The highest BCUT2D eigenvalue weighted by Gasteiger charge is 2.36. The molecular weight excluding hydrogens is 174 g/mol. The normalized spacial score (nSPS) is 21.3. The maximum Gasteiger partial charge on any atom is 0.0802 e. The van der Waals surface area contributed by atoms with Crippen LogP contribution in [0.1, 0.15) is 39.0 Å². The number of allylic oxidation sites excluding steroid dienone is 1. The smallest absolute Gasteiger partial charge is 0.0802 e. The molecule has 14 heavy (non-hydrogen) atoms. The maximum atomic E-state index is 5.55. The Labute approximate surface area is 87.7 Å². The molecule has 2 heteroatoms. The van der Waals surface area contributed by atoms with Crippen molar-refractivity contribution in [3.63, 3.8) is 0 Å². The van der Waals surface area contributed by atoms with E-state index >= 15 is 0 Å². The second-order valence-electron chi connectivity index (χ2n) is 4.39. The molecule has 1 aliphatic rings. The van der Waals surface area contributed by atoms with E-state index in [4.69, 9.17) is 4.74 Å². The highest BCUT2D eigenvalue weighted by molar-refractivity contribution is 4.92. The molecule has 0 aromatic carbocycles. The van der Waals surface area contributed by atoms with Gasteiger partial charge in [-0.15, -0.1) is 6.58 Å². The van der Waals surface area contributed by atoms with Gasteiger partial charge in [-0.1, -0.05) is 6.08 Å². The summed E-state index contributed by atoms with van der Waals surface area (Å²) in [4.78, 5) is 0. The van der Waals surface area contributed by atoms with Gasteiger partial charge in [0.15, 0.2) is 0 Å². The van der Waals surface area contributed by atoms with E-state index in [2.05, 4.69) is 18.8 Å². The molecule has 0 heterocycles. The van der Waals surface area contributed by atoms with Crippen LogP contribution in [-0.2, 0) is 4.74 Å². The number of nitrogens with one attached hydrogen (secondary N) is 1. The fourth-order valence-electron chi connectivity index (χ4n) is 1.85. The van der Waals surface area contributed by atoms with Crippen molar-refractivity contribution >= 4 is 0 Å². The van der Waals surface area contributed by atoms with Gasteiger partial charge in [0.2, 0.25) is 0 Å². The van der Waals surface area contributed by atoms with Crippen molar-refractivity contribution in [2.24, 2.45) is 0 Å². The van der Waals surface area contributed by atoms with Gasteiger partial charge in [-0.05, 0) is 39.0 Å². The molecule has 2 nitrogen and oxygen atoms in total. The van der Waals surface area contributed by atoms with Crippen LogP contribution in [0.25, 0.3) is 0 Å². The van der Waals surface area contributed by atoms with Crippen molar-refractivity contribution < 1.29 is 4.74 Å². The van der Waals surface area contributed by atoms with Gasteiger partial charge in [0.1, 0.15) is 0 Å². The predicted molar refractivity (Wildman–Crippen MR) is 60.5 cm³/mol. The first-order valence-corrected chi connectivity index (χ1v) is 5.62. The van der Waals surface area contributed by atoms with Gasteiger partial charge in [0.25, 0.3) is 0 Å². The zero-order valence-corrected chi connectivity index (χ0v) is 9.51. The highest BCUT2D eigenvalue weighted by atomic mass is 16.5. The Balaban J connectivity index is 2.15. The van der Waals surface area contributed by atoms with Gasteiger partial charge >= 0.3 is 0 Å². The lowest BCUT2D eigenvalue weighted by Gasteiger charge is -2.41. The van der Waals surface area contributed by atoms with Crippen LogP contribution in [0.5, 0.6) is 0 Å². The number of methoxy groups -OCH3 is 1. The second kappa shape index (κ2) is 5.52. The van der Waals surface area contributed by atoms with Gasteiger partial charge < -0.3 is 10.1 Å². The summed E-state index contributed by atoms with van der Waals surface area (Å²) in [5.41, 5.74) is 0.155. The zero-order valence-electron chi connectivity index (χ0n) is 9.51. The van der Waals surface area contributed by atoms with Crippen molar-refractivity contribution in [1.29, 1.82) is 0 Å². The Morgan fingerprint density at radius 1 is 1.57 bits per heavy atom. The number of ether oxygens (including phenoxy) is 1. The van der Waals surface area contributed by atoms with E-state index in [9.17, 15) is 0 Å². The minimum atomic E-state index is 0.155. The van der Waals surface area contributed by atoms with E-state index in [0.29, 0.717) is 6.04 Å². The van der Waals surface area contributed by atoms with Crippen molar-refractivity contribution in [1.82, 2.24) is 5.32 Å². The molecule has 1 atom stereocenters. The second-order valence-corrected chi connectivity index (χ2v) is 4.39. The standard InChI is InChI=1S/C12H23NO/c1-4-5-7-11(2)13-10-12(14-3)8-6-9-12/h4,11,13H,1,5-10H2,2-3H3. The van der Waals surface area contributed by atoms with E-state index in [1.807, 2.05) is 13.2 Å². The Morgan fingerprint density at radius 2 is 2.29 bits per heavy atom. The first-order valence-electron chi connectivity index (χ1n) is 5.62. The first-order chi connectivity index (χ1) is 6.72. The van der Waals surface area contributed by atoms with Crippen LogP contribution in [0.2, 0.25) is 0 Å². The molecule has 0 aliphatic heterocycles. The number of rotatable bonds is 7. The lowest BCUT2D eigenvalue weighted by Crippen LogP contribution is -2.49. The largest absolute Gasteiger partial charge is 0.377 e. The molecule has 0 spiro atoms. The van der Waals surface area contributed by atoms with Crippen LogP contribution in [0.15, 0.2) is 12.7 Å². The third-order valence-electron chi connectivity index (χ3n) is 3.27. The average molecular weight is 197 g/mol. The fraction of sp³-hybridized carbons (Fsp3) is 0.833. The van der Waals surface area contributed by atoms with Crippen molar-refractivity contribution in [3.8, 4) is 0 Å². The topological polar surface area (TPSA) is 21.3 Å². The summed E-state index contributed by atoms with van der Waals surface area (Å²) in [6.45, 7) is 6.96. The molecule has 0 bridgehead atoms. The van der Waals surface area contributed by atoms with Gasteiger partial charge in [-0.2, -0.15) is 0 Å². The predicted octanol–water partition coefficient (Wildman–Crippen LogP) is 2.50. The quantitative estimate of drug-likeness (QED) is 0.633. The Hall–Kier alpha value is -0.340. The van der Waals surface area contributed by atoms with Gasteiger partial charge in [0.05, 0.1) is 5.60 Å². The third kappa shape index (κ3) is 3.10. The van der Waals surface area contributed by atoms with E-state index in [1.165, 1.54) is 25.7 Å².